The Labute approximate surface area is 98.5 Å². The molecule has 7 heteroatoms. The number of hydrogen-bond acceptors (Lipinski definition) is 6. The summed E-state index contributed by atoms with van der Waals surface area (Å²) in [6.45, 7) is 1.62. The summed E-state index contributed by atoms with van der Waals surface area (Å²) in [5.74, 6) is 0.727. The van der Waals surface area contributed by atoms with Gasteiger partial charge in [-0.15, -0.1) is 0 Å². The standard InChI is InChI=1S/C10H14N4O3/c1-13(7-5-11-6-7)10-8(14(15)16)3-4-9(12-10)17-2/h3-4,7,11H,5-6H2,1-2H3. The van der Waals surface area contributed by atoms with Crippen molar-refractivity contribution in [3.8, 4) is 5.88 Å². The first-order valence-corrected chi connectivity index (χ1v) is 5.26. The first kappa shape index (κ1) is 11.6. The van der Waals surface area contributed by atoms with Crippen LogP contribution in [0.5, 0.6) is 5.88 Å². The van der Waals surface area contributed by atoms with E-state index in [0.717, 1.165) is 13.1 Å². The maximum Gasteiger partial charge on any atom is 0.311 e. The molecule has 17 heavy (non-hydrogen) atoms. The van der Waals surface area contributed by atoms with E-state index in [-0.39, 0.29) is 11.7 Å². The molecule has 0 spiro atoms. The van der Waals surface area contributed by atoms with Crippen molar-refractivity contribution in [3.05, 3.63) is 22.2 Å². The predicted octanol–water partition coefficient (Wildman–Crippen LogP) is 0.406. The number of anilines is 1. The highest BCUT2D eigenvalue weighted by Crippen LogP contribution is 2.29. The van der Waals surface area contributed by atoms with Gasteiger partial charge in [0.05, 0.1) is 18.1 Å². The number of ether oxygens (including phenoxy) is 1. The Kier molecular flexibility index (Phi) is 3.10. The van der Waals surface area contributed by atoms with Crippen LogP contribution in [-0.2, 0) is 0 Å². The number of pyridine rings is 1. The molecule has 0 saturated carbocycles. The molecule has 2 rings (SSSR count). The van der Waals surface area contributed by atoms with Crippen LogP contribution in [-0.4, -0.2) is 43.2 Å². The molecule has 0 unspecified atom stereocenters. The number of methoxy groups -OCH3 is 1. The second-order valence-corrected chi connectivity index (χ2v) is 3.88. The van der Waals surface area contributed by atoms with Gasteiger partial charge in [0.25, 0.3) is 0 Å². The SMILES string of the molecule is COc1ccc([N+](=O)[O-])c(N(C)C2CNC2)n1. The zero-order chi connectivity index (χ0) is 12.4. The molecule has 1 aliphatic rings. The van der Waals surface area contributed by atoms with E-state index in [1.165, 1.54) is 19.2 Å². The summed E-state index contributed by atoms with van der Waals surface area (Å²) in [5, 5.41) is 14.1. The minimum absolute atomic E-state index is 0.000185. The minimum atomic E-state index is -0.426. The Morgan fingerprint density at radius 3 is 2.76 bits per heavy atom. The summed E-state index contributed by atoms with van der Waals surface area (Å²) in [5.41, 5.74) is 0.000185. The third-order valence-electron chi connectivity index (χ3n) is 2.88. The van der Waals surface area contributed by atoms with Crippen LogP contribution in [0.25, 0.3) is 0 Å². The highest BCUT2D eigenvalue weighted by atomic mass is 16.6. The van der Waals surface area contributed by atoms with Crippen molar-refractivity contribution in [2.24, 2.45) is 0 Å². The molecule has 0 radical (unpaired) electrons. The van der Waals surface area contributed by atoms with E-state index in [1.54, 1.807) is 7.05 Å². The van der Waals surface area contributed by atoms with Gasteiger partial charge >= 0.3 is 5.69 Å². The maximum absolute atomic E-state index is 10.9. The van der Waals surface area contributed by atoms with E-state index in [0.29, 0.717) is 11.7 Å². The van der Waals surface area contributed by atoms with Crippen LogP contribution in [0.15, 0.2) is 12.1 Å². The Morgan fingerprint density at radius 1 is 1.59 bits per heavy atom. The van der Waals surface area contributed by atoms with Crippen LogP contribution in [0.2, 0.25) is 0 Å². The van der Waals surface area contributed by atoms with E-state index in [4.69, 9.17) is 4.74 Å². The quantitative estimate of drug-likeness (QED) is 0.604. The third kappa shape index (κ3) is 2.14. The molecular formula is C10H14N4O3. The molecular weight excluding hydrogens is 224 g/mol. The number of rotatable bonds is 4. The lowest BCUT2D eigenvalue weighted by Crippen LogP contribution is -2.56. The lowest BCUT2D eigenvalue weighted by Gasteiger charge is -2.35. The van der Waals surface area contributed by atoms with Crippen molar-refractivity contribution in [3.63, 3.8) is 0 Å². The average molecular weight is 238 g/mol. The third-order valence-corrected chi connectivity index (χ3v) is 2.88. The molecule has 1 fully saturated rings. The fourth-order valence-corrected chi connectivity index (χ4v) is 1.66. The predicted molar refractivity (Wildman–Crippen MR) is 62.5 cm³/mol. The molecule has 1 saturated heterocycles. The van der Waals surface area contributed by atoms with E-state index in [1.807, 2.05) is 4.90 Å². The molecule has 0 amide bonds. The van der Waals surface area contributed by atoms with Gasteiger partial charge in [-0.25, -0.2) is 0 Å². The maximum atomic E-state index is 10.9. The van der Waals surface area contributed by atoms with Gasteiger partial charge < -0.3 is 15.0 Å². The van der Waals surface area contributed by atoms with Crippen molar-refractivity contribution < 1.29 is 9.66 Å². The van der Waals surface area contributed by atoms with E-state index < -0.39 is 4.92 Å². The van der Waals surface area contributed by atoms with Gasteiger partial charge in [0.15, 0.2) is 0 Å². The molecule has 0 bridgehead atoms. The summed E-state index contributed by atoms with van der Waals surface area (Å²) in [6.07, 6.45) is 0. The van der Waals surface area contributed by atoms with Gasteiger partial charge in [-0.05, 0) is 0 Å². The Hall–Kier alpha value is -1.89. The number of nitrogens with zero attached hydrogens (tertiary/aromatic N) is 3. The molecule has 92 valence electrons. The van der Waals surface area contributed by atoms with Crippen LogP contribution >= 0.6 is 0 Å². The minimum Gasteiger partial charge on any atom is -0.481 e. The van der Waals surface area contributed by atoms with Crippen LogP contribution in [0, 0.1) is 10.1 Å². The Balaban J connectivity index is 2.36. The molecule has 1 aromatic rings. The zero-order valence-corrected chi connectivity index (χ0v) is 9.71. The first-order valence-electron chi connectivity index (χ1n) is 5.26. The molecule has 0 aliphatic carbocycles. The normalized spacial score (nSPS) is 15.2. The molecule has 1 aliphatic heterocycles. The molecule has 0 atom stereocenters. The van der Waals surface area contributed by atoms with E-state index in [9.17, 15) is 10.1 Å². The second kappa shape index (κ2) is 4.54. The van der Waals surface area contributed by atoms with Crippen molar-refractivity contribution in [1.82, 2.24) is 10.3 Å². The van der Waals surface area contributed by atoms with Crippen LogP contribution in [0.1, 0.15) is 0 Å². The van der Waals surface area contributed by atoms with Crippen LogP contribution < -0.4 is 15.0 Å². The number of likely N-dealkylation sites (N-methyl/N-ethyl adjacent to an activating group) is 1. The molecule has 1 aromatic heterocycles. The number of nitrogens with one attached hydrogen (secondary N) is 1. The fraction of sp³-hybridized carbons (Fsp3) is 0.500. The lowest BCUT2D eigenvalue weighted by molar-refractivity contribution is -0.384. The average Bonchev–Trinajstić information content (AvgIpc) is 2.25. The largest absolute Gasteiger partial charge is 0.481 e. The van der Waals surface area contributed by atoms with Gasteiger partial charge in [0, 0.05) is 32.3 Å². The summed E-state index contributed by atoms with van der Waals surface area (Å²) in [6, 6.07) is 3.16. The Morgan fingerprint density at radius 2 is 2.29 bits per heavy atom. The van der Waals surface area contributed by atoms with Crippen molar-refractivity contribution >= 4 is 11.5 Å². The van der Waals surface area contributed by atoms with Gasteiger partial charge in [-0.2, -0.15) is 4.98 Å². The van der Waals surface area contributed by atoms with Crippen molar-refractivity contribution in [2.45, 2.75) is 6.04 Å². The number of hydrogen-bond donors (Lipinski definition) is 1. The van der Waals surface area contributed by atoms with Gasteiger partial charge in [0.2, 0.25) is 11.7 Å². The summed E-state index contributed by atoms with van der Waals surface area (Å²) in [4.78, 5) is 16.5. The number of nitro groups is 1. The van der Waals surface area contributed by atoms with Crippen LogP contribution in [0.4, 0.5) is 11.5 Å². The van der Waals surface area contributed by atoms with Gasteiger partial charge in [-0.3, -0.25) is 10.1 Å². The van der Waals surface area contributed by atoms with Crippen molar-refractivity contribution in [2.75, 3.05) is 32.1 Å². The van der Waals surface area contributed by atoms with Crippen LogP contribution in [0.3, 0.4) is 0 Å². The number of aromatic nitrogens is 1. The summed E-state index contributed by atoms with van der Waals surface area (Å²) >= 11 is 0. The smallest absolute Gasteiger partial charge is 0.311 e. The van der Waals surface area contributed by atoms with Crippen molar-refractivity contribution in [1.29, 1.82) is 0 Å². The summed E-state index contributed by atoms with van der Waals surface area (Å²) < 4.78 is 5.00. The topological polar surface area (TPSA) is 80.5 Å². The van der Waals surface area contributed by atoms with Gasteiger partial charge in [0.1, 0.15) is 0 Å². The highest BCUT2D eigenvalue weighted by Gasteiger charge is 2.28. The second-order valence-electron chi connectivity index (χ2n) is 3.88. The molecule has 1 N–H and O–H groups in total. The molecule has 7 nitrogen and oxygen atoms in total. The monoisotopic (exact) mass is 238 g/mol. The molecule has 0 aromatic carbocycles. The van der Waals surface area contributed by atoms with E-state index in [2.05, 4.69) is 10.3 Å². The molecule has 2 heterocycles. The highest BCUT2D eigenvalue weighted by molar-refractivity contribution is 5.59. The van der Waals surface area contributed by atoms with E-state index >= 15 is 0 Å². The zero-order valence-electron chi connectivity index (χ0n) is 9.71. The first-order chi connectivity index (χ1) is 8.13. The van der Waals surface area contributed by atoms with Gasteiger partial charge in [-0.1, -0.05) is 0 Å². The summed E-state index contributed by atoms with van der Waals surface area (Å²) in [7, 11) is 3.29. The lowest BCUT2D eigenvalue weighted by atomic mass is 10.1. The fourth-order valence-electron chi connectivity index (χ4n) is 1.66. The Bertz CT molecular complexity index is 434.